The van der Waals surface area contributed by atoms with Crippen molar-refractivity contribution in [2.24, 2.45) is 10.7 Å². The van der Waals surface area contributed by atoms with E-state index in [1.165, 1.54) is 6.20 Å². The minimum absolute atomic E-state index is 0.313. The third-order valence-corrected chi connectivity index (χ3v) is 1.08. The third kappa shape index (κ3) is 1.07. The number of aromatic nitrogens is 2. The molecule has 1 aromatic heterocycles. The fourth-order valence-electron chi connectivity index (χ4n) is 0.565. The van der Waals surface area contributed by atoms with Gasteiger partial charge in [-0.3, -0.25) is 4.99 Å². The lowest BCUT2D eigenvalue weighted by Gasteiger charge is -1.89. The number of hydrogen-bond acceptors (Lipinski definition) is 3. The molecule has 0 aliphatic carbocycles. The number of nitrogens with two attached hydrogens (primary N) is 1. The highest BCUT2D eigenvalue weighted by molar-refractivity contribution is 5.95. The van der Waals surface area contributed by atoms with Crippen molar-refractivity contribution < 1.29 is 5.21 Å². The van der Waals surface area contributed by atoms with Gasteiger partial charge in [0.15, 0.2) is 0 Å². The van der Waals surface area contributed by atoms with Gasteiger partial charge < -0.3 is 10.9 Å². The summed E-state index contributed by atoms with van der Waals surface area (Å²) in [5, 5.41) is 12.3. The Labute approximate surface area is 57.8 Å². The summed E-state index contributed by atoms with van der Waals surface area (Å²) in [5.41, 5.74) is 5.85. The molecular formula is C5H8N4O. The van der Waals surface area contributed by atoms with E-state index < -0.39 is 0 Å². The zero-order valence-corrected chi connectivity index (χ0v) is 5.52. The minimum atomic E-state index is 0.313. The first-order valence-corrected chi connectivity index (χ1v) is 2.71. The monoisotopic (exact) mass is 140 g/mol. The van der Waals surface area contributed by atoms with E-state index in [9.17, 15) is 0 Å². The Kier molecular flexibility index (Phi) is 1.57. The van der Waals surface area contributed by atoms with Crippen molar-refractivity contribution in [2.75, 3.05) is 7.05 Å². The zero-order chi connectivity index (χ0) is 7.56. The van der Waals surface area contributed by atoms with E-state index in [1.54, 1.807) is 13.1 Å². The van der Waals surface area contributed by atoms with Crippen LogP contribution in [0.1, 0.15) is 5.69 Å². The number of amidine groups is 1. The molecule has 0 aliphatic heterocycles. The van der Waals surface area contributed by atoms with Crippen LogP contribution in [0.25, 0.3) is 0 Å². The molecule has 5 heteroatoms. The molecular weight excluding hydrogens is 132 g/mol. The molecule has 0 fully saturated rings. The lowest BCUT2D eigenvalue weighted by Crippen LogP contribution is -2.13. The van der Waals surface area contributed by atoms with E-state index in [-0.39, 0.29) is 0 Å². The average molecular weight is 140 g/mol. The molecule has 1 aromatic rings. The van der Waals surface area contributed by atoms with Gasteiger partial charge in [0, 0.05) is 7.05 Å². The van der Waals surface area contributed by atoms with Crippen molar-refractivity contribution in [3.05, 3.63) is 18.0 Å². The molecule has 0 saturated heterocycles. The second-order valence-corrected chi connectivity index (χ2v) is 1.73. The number of rotatable bonds is 1. The highest BCUT2D eigenvalue weighted by Crippen LogP contribution is 1.91. The van der Waals surface area contributed by atoms with Crippen molar-refractivity contribution in [3.8, 4) is 0 Å². The summed E-state index contributed by atoms with van der Waals surface area (Å²) in [6, 6.07) is 1.57. The van der Waals surface area contributed by atoms with E-state index in [4.69, 9.17) is 10.9 Å². The Morgan fingerprint density at radius 3 is 3.00 bits per heavy atom. The first-order valence-electron chi connectivity index (χ1n) is 2.71. The highest BCUT2D eigenvalue weighted by atomic mass is 16.5. The lowest BCUT2D eigenvalue weighted by atomic mass is 10.4. The van der Waals surface area contributed by atoms with E-state index in [1.807, 2.05) is 0 Å². The molecule has 0 radical (unpaired) electrons. The molecule has 0 saturated carbocycles. The molecule has 10 heavy (non-hydrogen) atoms. The summed E-state index contributed by atoms with van der Waals surface area (Å²) in [5.74, 6) is 0.313. The maximum absolute atomic E-state index is 8.69. The Morgan fingerprint density at radius 2 is 2.60 bits per heavy atom. The van der Waals surface area contributed by atoms with Gasteiger partial charge in [-0.1, -0.05) is 0 Å². The molecule has 1 rings (SSSR count). The average Bonchev–Trinajstić information content (AvgIpc) is 2.34. The number of nitrogens with zero attached hydrogens (tertiary/aromatic N) is 3. The predicted octanol–water partition coefficient (Wildman–Crippen LogP) is -0.545. The van der Waals surface area contributed by atoms with Crippen molar-refractivity contribution in [3.63, 3.8) is 0 Å². The zero-order valence-electron chi connectivity index (χ0n) is 5.52. The van der Waals surface area contributed by atoms with Gasteiger partial charge >= 0.3 is 0 Å². The van der Waals surface area contributed by atoms with Crippen LogP contribution in [0.2, 0.25) is 0 Å². The van der Waals surface area contributed by atoms with Crippen LogP contribution in [0.15, 0.2) is 17.3 Å². The molecule has 0 bridgehead atoms. The van der Waals surface area contributed by atoms with Crippen LogP contribution in [0.4, 0.5) is 0 Å². The van der Waals surface area contributed by atoms with E-state index in [0.29, 0.717) is 16.4 Å². The van der Waals surface area contributed by atoms with Crippen LogP contribution in [-0.4, -0.2) is 28.0 Å². The van der Waals surface area contributed by atoms with E-state index in [2.05, 4.69) is 10.1 Å². The highest BCUT2D eigenvalue weighted by Gasteiger charge is 1.99. The Balaban J connectivity index is 2.95. The van der Waals surface area contributed by atoms with Crippen molar-refractivity contribution in [1.29, 1.82) is 0 Å². The van der Waals surface area contributed by atoms with Crippen LogP contribution in [-0.2, 0) is 0 Å². The second-order valence-electron chi connectivity index (χ2n) is 1.73. The van der Waals surface area contributed by atoms with Crippen LogP contribution in [0.3, 0.4) is 0 Å². The third-order valence-electron chi connectivity index (χ3n) is 1.08. The first-order chi connectivity index (χ1) is 4.74. The van der Waals surface area contributed by atoms with Gasteiger partial charge in [0.1, 0.15) is 11.5 Å². The van der Waals surface area contributed by atoms with Gasteiger partial charge in [0.25, 0.3) is 0 Å². The van der Waals surface area contributed by atoms with Crippen LogP contribution < -0.4 is 5.73 Å². The maximum atomic E-state index is 8.69. The largest absolute Gasteiger partial charge is 0.412 e. The van der Waals surface area contributed by atoms with Crippen LogP contribution >= 0.6 is 0 Å². The topological polar surface area (TPSA) is 76.4 Å². The molecule has 3 N–H and O–H groups in total. The van der Waals surface area contributed by atoms with E-state index >= 15 is 0 Å². The molecule has 5 nitrogen and oxygen atoms in total. The van der Waals surface area contributed by atoms with Gasteiger partial charge in [-0.25, -0.2) is 0 Å². The lowest BCUT2D eigenvalue weighted by molar-refractivity contribution is 0.148. The van der Waals surface area contributed by atoms with Crippen LogP contribution in [0.5, 0.6) is 0 Å². The van der Waals surface area contributed by atoms with Crippen molar-refractivity contribution >= 4 is 5.84 Å². The van der Waals surface area contributed by atoms with Crippen molar-refractivity contribution in [2.45, 2.75) is 0 Å². The summed E-state index contributed by atoms with van der Waals surface area (Å²) in [6.07, 6.45) is 1.38. The van der Waals surface area contributed by atoms with Gasteiger partial charge in [0.2, 0.25) is 0 Å². The Hall–Kier alpha value is -1.52. The summed E-state index contributed by atoms with van der Waals surface area (Å²) < 4.78 is 0. The fourth-order valence-corrected chi connectivity index (χ4v) is 0.565. The summed E-state index contributed by atoms with van der Waals surface area (Å²) >= 11 is 0. The minimum Gasteiger partial charge on any atom is -0.412 e. The molecule has 0 atom stereocenters. The quantitative estimate of drug-likeness (QED) is 0.312. The second kappa shape index (κ2) is 2.38. The molecule has 0 unspecified atom stereocenters. The van der Waals surface area contributed by atoms with Gasteiger partial charge in [0.05, 0.1) is 6.20 Å². The summed E-state index contributed by atoms with van der Waals surface area (Å²) in [4.78, 5) is 4.37. The van der Waals surface area contributed by atoms with Gasteiger partial charge in [-0.05, 0) is 6.07 Å². The molecule has 0 spiro atoms. The van der Waals surface area contributed by atoms with Crippen LogP contribution in [0, 0.1) is 0 Å². The SMILES string of the molecule is CN=C(N)c1ccn(O)n1. The maximum Gasteiger partial charge on any atom is 0.146 e. The first kappa shape index (κ1) is 6.60. The fraction of sp³-hybridized carbons (Fsp3) is 0.200. The standard InChI is InChI=1S/C5H8N4O/c1-7-5(6)4-2-3-9(10)8-4/h2-3,10H,1H3,(H2,6,7). The van der Waals surface area contributed by atoms with Gasteiger partial charge in [-0.15, -0.1) is 9.94 Å². The normalized spacial score (nSPS) is 11.9. The molecule has 0 aliphatic rings. The van der Waals surface area contributed by atoms with E-state index in [0.717, 1.165) is 0 Å². The summed E-state index contributed by atoms with van der Waals surface area (Å²) in [6.45, 7) is 0. The Bertz CT molecular complexity index is 252. The summed E-state index contributed by atoms with van der Waals surface area (Å²) in [7, 11) is 1.56. The van der Waals surface area contributed by atoms with Crippen molar-refractivity contribution in [1.82, 2.24) is 9.94 Å². The van der Waals surface area contributed by atoms with Gasteiger partial charge in [-0.2, -0.15) is 0 Å². The molecule has 1 heterocycles. The number of aliphatic imine (C=N–C) groups is 1. The Morgan fingerprint density at radius 1 is 1.90 bits per heavy atom. The number of hydrogen-bond donors (Lipinski definition) is 2. The predicted molar refractivity (Wildman–Crippen MR) is 36.1 cm³/mol. The molecule has 0 amide bonds. The smallest absolute Gasteiger partial charge is 0.146 e. The molecule has 0 aromatic carbocycles. The molecule has 54 valence electrons.